The van der Waals surface area contributed by atoms with Gasteiger partial charge in [0.2, 0.25) is 0 Å². The summed E-state index contributed by atoms with van der Waals surface area (Å²) < 4.78 is 40.7. The van der Waals surface area contributed by atoms with Crippen LogP contribution < -0.4 is 0 Å². The second-order valence-corrected chi connectivity index (χ2v) is 5.09. The van der Waals surface area contributed by atoms with Crippen LogP contribution in [0.2, 0.25) is 0 Å². The average Bonchev–Trinajstić information content (AvgIpc) is 2.63. The molecule has 0 radical (unpaired) electrons. The lowest BCUT2D eigenvalue weighted by molar-refractivity contribution is -0.137. The molecule has 2 nitrogen and oxygen atoms in total. The van der Waals surface area contributed by atoms with E-state index >= 15 is 0 Å². The van der Waals surface area contributed by atoms with E-state index in [1.165, 1.54) is 23.1 Å². The molecule has 2 aromatic rings. The van der Waals surface area contributed by atoms with Crippen LogP contribution in [0.15, 0.2) is 39.5 Å². The van der Waals surface area contributed by atoms with E-state index in [0.717, 1.165) is 6.07 Å². The van der Waals surface area contributed by atoms with Crippen LogP contribution in [0.5, 0.6) is 0 Å². The molecule has 0 saturated heterocycles. The molecule has 0 aliphatic carbocycles. The Kier molecular flexibility index (Phi) is 3.31. The minimum Gasteiger partial charge on any atom is -0.239 e. The van der Waals surface area contributed by atoms with Gasteiger partial charge in [0, 0.05) is 10.7 Å². The molecule has 17 heavy (non-hydrogen) atoms. The first-order valence-corrected chi connectivity index (χ1v) is 6.04. The van der Waals surface area contributed by atoms with E-state index < -0.39 is 11.7 Å². The number of aromatic nitrogens is 2. The van der Waals surface area contributed by atoms with Crippen molar-refractivity contribution < 1.29 is 13.2 Å². The second kappa shape index (κ2) is 4.45. The van der Waals surface area contributed by atoms with Crippen LogP contribution in [0.1, 0.15) is 5.56 Å². The molecule has 0 N–H and O–H groups in total. The maximum Gasteiger partial charge on any atom is 0.418 e. The predicted molar refractivity (Wildman–Crippen MR) is 64.0 cm³/mol. The van der Waals surface area contributed by atoms with Crippen LogP contribution in [0.3, 0.4) is 0 Å². The summed E-state index contributed by atoms with van der Waals surface area (Å²) in [6.45, 7) is 0. The molecule has 0 unspecified atom stereocenters. The van der Waals surface area contributed by atoms with Gasteiger partial charge in [-0.2, -0.15) is 18.3 Å². The fourth-order valence-electron chi connectivity index (χ4n) is 1.37. The van der Waals surface area contributed by atoms with Gasteiger partial charge < -0.3 is 0 Å². The minimum absolute atomic E-state index is 0.00796. The van der Waals surface area contributed by atoms with Crippen LogP contribution in [0.25, 0.3) is 5.69 Å². The average molecular weight is 370 g/mol. The topological polar surface area (TPSA) is 17.8 Å². The Morgan fingerprint density at radius 1 is 1.12 bits per heavy atom. The highest BCUT2D eigenvalue weighted by molar-refractivity contribution is 9.10. The summed E-state index contributed by atoms with van der Waals surface area (Å²) in [6, 6.07) is 3.94. The maximum atomic E-state index is 12.8. The van der Waals surface area contributed by atoms with E-state index in [2.05, 4.69) is 37.0 Å². The van der Waals surface area contributed by atoms with E-state index in [1.54, 1.807) is 6.07 Å². The lowest BCUT2D eigenvalue weighted by atomic mass is 10.1. The number of alkyl halides is 3. The summed E-state index contributed by atoms with van der Waals surface area (Å²) in [5.74, 6) is 0. The molecule has 0 aliphatic heterocycles. The van der Waals surface area contributed by atoms with Crippen LogP contribution in [-0.2, 0) is 6.18 Å². The first-order valence-electron chi connectivity index (χ1n) is 4.45. The van der Waals surface area contributed by atoms with Crippen molar-refractivity contribution >= 4 is 31.9 Å². The van der Waals surface area contributed by atoms with Gasteiger partial charge in [0.05, 0.1) is 21.9 Å². The molecule has 0 bridgehead atoms. The Bertz CT molecular complexity index is 549. The van der Waals surface area contributed by atoms with Crippen molar-refractivity contribution in [1.82, 2.24) is 9.78 Å². The lowest BCUT2D eigenvalue weighted by Gasteiger charge is -2.13. The van der Waals surface area contributed by atoms with E-state index in [-0.39, 0.29) is 5.69 Å². The van der Waals surface area contributed by atoms with Crippen molar-refractivity contribution in [3.63, 3.8) is 0 Å². The van der Waals surface area contributed by atoms with Gasteiger partial charge in [-0.3, -0.25) is 0 Å². The van der Waals surface area contributed by atoms with Gasteiger partial charge in [-0.25, -0.2) is 4.68 Å². The molecular weight excluding hydrogens is 365 g/mol. The Morgan fingerprint density at radius 2 is 1.82 bits per heavy atom. The van der Waals surface area contributed by atoms with E-state index in [0.29, 0.717) is 8.95 Å². The summed E-state index contributed by atoms with van der Waals surface area (Å²) in [7, 11) is 0. The summed E-state index contributed by atoms with van der Waals surface area (Å²) in [6.07, 6.45) is -1.52. The number of hydrogen-bond donors (Lipinski definition) is 0. The third kappa shape index (κ3) is 2.71. The quantitative estimate of drug-likeness (QED) is 0.727. The van der Waals surface area contributed by atoms with Crippen molar-refractivity contribution in [2.24, 2.45) is 0 Å². The molecule has 1 heterocycles. The highest BCUT2D eigenvalue weighted by Gasteiger charge is 2.34. The summed E-state index contributed by atoms with van der Waals surface area (Å²) in [5, 5.41) is 3.84. The normalized spacial score (nSPS) is 11.8. The number of benzene rings is 1. The Hall–Kier alpha value is -0.820. The van der Waals surface area contributed by atoms with Crippen LogP contribution in [0, 0.1) is 0 Å². The second-order valence-electron chi connectivity index (χ2n) is 3.26. The van der Waals surface area contributed by atoms with Gasteiger partial charge in [0.15, 0.2) is 0 Å². The Balaban J connectivity index is 2.61. The molecule has 0 atom stereocenters. The Morgan fingerprint density at radius 3 is 2.35 bits per heavy atom. The molecule has 0 aliphatic rings. The lowest BCUT2D eigenvalue weighted by Crippen LogP contribution is -2.11. The number of nitrogens with zero attached hydrogens (tertiary/aromatic N) is 2. The van der Waals surface area contributed by atoms with Gasteiger partial charge in [0.1, 0.15) is 0 Å². The highest BCUT2D eigenvalue weighted by Crippen LogP contribution is 2.35. The summed E-state index contributed by atoms with van der Waals surface area (Å²) in [4.78, 5) is 0. The molecule has 0 amide bonds. The molecule has 90 valence electrons. The van der Waals surface area contributed by atoms with E-state index in [9.17, 15) is 13.2 Å². The summed E-state index contributed by atoms with van der Waals surface area (Å²) >= 11 is 6.17. The number of hydrogen-bond acceptors (Lipinski definition) is 1. The van der Waals surface area contributed by atoms with E-state index in [4.69, 9.17) is 0 Å². The van der Waals surface area contributed by atoms with Crippen molar-refractivity contribution in [1.29, 1.82) is 0 Å². The fourth-order valence-corrected chi connectivity index (χ4v) is 2.01. The molecule has 7 heteroatoms. The van der Waals surface area contributed by atoms with Crippen molar-refractivity contribution in [3.8, 4) is 5.69 Å². The Labute approximate surface area is 112 Å². The van der Waals surface area contributed by atoms with Crippen molar-refractivity contribution in [3.05, 3.63) is 45.1 Å². The molecule has 0 saturated carbocycles. The third-order valence-electron chi connectivity index (χ3n) is 2.06. The number of halogens is 5. The molecule has 0 fully saturated rings. The predicted octanol–water partition coefficient (Wildman–Crippen LogP) is 4.42. The number of rotatable bonds is 1. The van der Waals surface area contributed by atoms with Crippen molar-refractivity contribution in [2.75, 3.05) is 0 Å². The van der Waals surface area contributed by atoms with E-state index in [1.807, 2.05) is 0 Å². The monoisotopic (exact) mass is 368 g/mol. The van der Waals surface area contributed by atoms with Gasteiger partial charge >= 0.3 is 6.18 Å². The zero-order valence-corrected chi connectivity index (χ0v) is 11.3. The smallest absolute Gasteiger partial charge is 0.239 e. The minimum atomic E-state index is -4.42. The van der Waals surface area contributed by atoms with Crippen LogP contribution >= 0.6 is 31.9 Å². The molecule has 1 aromatic heterocycles. The SMILES string of the molecule is FC(F)(F)c1cc(Br)ccc1-n1cc(Br)cn1. The van der Waals surface area contributed by atoms with Gasteiger partial charge in [-0.05, 0) is 34.1 Å². The fraction of sp³-hybridized carbons (Fsp3) is 0.100. The maximum absolute atomic E-state index is 12.8. The zero-order valence-electron chi connectivity index (χ0n) is 8.17. The standard InChI is InChI=1S/C10H5Br2F3N2/c11-6-1-2-9(8(3-6)10(13,14)15)17-5-7(12)4-16-17/h1-5H. The van der Waals surface area contributed by atoms with Crippen molar-refractivity contribution in [2.45, 2.75) is 6.18 Å². The van der Waals surface area contributed by atoms with Crippen LogP contribution in [0.4, 0.5) is 13.2 Å². The zero-order chi connectivity index (χ0) is 12.6. The van der Waals surface area contributed by atoms with Gasteiger partial charge in [-0.15, -0.1) is 0 Å². The summed E-state index contributed by atoms with van der Waals surface area (Å²) in [5.41, 5.74) is -0.742. The molecular formula is C10H5Br2F3N2. The first-order chi connectivity index (χ1) is 7.88. The largest absolute Gasteiger partial charge is 0.418 e. The van der Waals surface area contributed by atoms with Crippen LogP contribution in [-0.4, -0.2) is 9.78 Å². The molecule has 1 aromatic carbocycles. The molecule has 2 rings (SSSR count). The van der Waals surface area contributed by atoms with Gasteiger partial charge in [-0.1, -0.05) is 15.9 Å². The highest BCUT2D eigenvalue weighted by atomic mass is 79.9. The van der Waals surface area contributed by atoms with Gasteiger partial charge in [0.25, 0.3) is 0 Å². The third-order valence-corrected chi connectivity index (χ3v) is 2.96. The molecule has 0 spiro atoms. The first kappa shape index (κ1) is 12.6.